The summed E-state index contributed by atoms with van der Waals surface area (Å²) in [7, 11) is 1.49. The monoisotopic (exact) mass is 350 g/mol. The van der Waals surface area contributed by atoms with E-state index in [9.17, 15) is 9.59 Å². The number of rotatable bonds is 6. The zero-order valence-corrected chi connectivity index (χ0v) is 14.4. The molecule has 1 aromatic heterocycles. The Bertz CT molecular complexity index is 726. The van der Waals surface area contributed by atoms with Crippen LogP contribution in [0.3, 0.4) is 0 Å². The lowest BCUT2D eigenvalue weighted by molar-refractivity contribution is -0.138. The number of halogens is 1. The van der Waals surface area contributed by atoms with Gasteiger partial charge in [-0.05, 0) is 44.2 Å². The topological polar surface area (TPSA) is 80.6 Å². The third kappa shape index (κ3) is 4.08. The van der Waals surface area contributed by atoms with Gasteiger partial charge in [-0.15, -0.1) is 0 Å². The van der Waals surface area contributed by atoms with Crippen LogP contribution in [0.15, 0.2) is 41.0 Å². The van der Waals surface area contributed by atoms with E-state index in [1.165, 1.54) is 27.2 Å². The quantitative estimate of drug-likeness (QED) is 0.784. The number of carbonyl (C=O) groups is 2. The number of benzene rings is 1. The molecule has 0 bridgehead atoms. The molecule has 2 N–H and O–H groups in total. The highest BCUT2D eigenvalue weighted by molar-refractivity contribution is 6.31. The van der Waals surface area contributed by atoms with Crippen LogP contribution in [0.5, 0.6) is 5.75 Å². The van der Waals surface area contributed by atoms with Crippen LogP contribution in [0, 0.1) is 5.41 Å². The highest BCUT2D eigenvalue weighted by atomic mass is 35.5. The molecule has 0 aliphatic heterocycles. The molecule has 7 heteroatoms. The molecule has 0 aliphatic rings. The van der Waals surface area contributed by atoms with Gasteiger partial charge in [0.05, 0.1) is 25.6 Å². The average Bonchev–Trinajstić information content (AvgIpc) is 3.06. The Kier molecular flexibility index (Phi) is 5.51. The molecular weight excluding hydrogens is 332 g/mol. The summed E-state index contributed by atoms with van der Waals surface area (Å²) in [6.45, 7) is 3.29. The van der Waals surface area contributed by atoms with Crippen LogP contribution >= 0.6 is 11.6 Å². The first-order chi connectivity index (χ1) is 11.3. The van der Waals surface area contributed by atoms with Gasteiger partial charge in [-0.3, -0.25) is 9.59 Å². The van der Waals surface area contributed by atoms with Gasteiger partial charge < -0.3 is 19.8 Å². The van der Waals surface area contributed by atoms with Gasteiger partial charge in [0.25, 0.3) is 0 Å². The smallest absolute Gasteiger partial charge is 0.239 e. The zero-order chi connectivity index (χ0) is 17.7. The van der Waals surface area contributed by atoms with Gasteiger partial charge in [0, 0.05) is 5.02 Å². The third-order valence-electron chi connectivity index (χ3n) is 3.55. The van der Waals surface area contributed by atoms with Crippen molar-refractivity contribution in [3.63, 3.8) is 0 Å². The van der Waals surface area contributed by atoms with Crippen molar-refractivity contribution in [2.75, 3.05) is 12.4 Å². The summed E-state index contributed by atoms with van der Waals surface area (Å²) in [4.78, 5) is 24.9. The van der Waals surface area contributed by atoms with Crippen molar-refractivity contribution in [3.05, 3.63) is 47.4 Å². The molecule has 0 unspecified atom stereocenters. The highest BCUT2D eigenvalue weighted by Crippen LogP contribution is 2.29. The standard InChI is InChI=1S/C17H19ClN2O4/c1-17(2,15(21)19-10-12-5-4-8-24-12)16(22)20-13-9-11(18)6-7-14(13)23-3/h4-9H,10H2,1-3H3,(H,19,21)(H,20,22). The van der Waals surface area contributed by atoms with E-state index in [1.54, 1.807) is 30.3 Å². The normalized spacial score (nSPS) is 11.0. The summed E-state index contributed by atoms with van der Waals surface area (Å²) in [5.74, 6) is 0.174. The summed E-state index contributed by atoms with van der Waals surface area (Å²) in [6, 6.07) is 8.32. The first kappa shape index (κ1) is 17.9. The Labute approximate surface area is 145 Å². The second-order valence-electron chi connectivity index (χ2n) is 5.69. The molecular formula is C17H19ClN2O4. The molecule has 6 nitrogen and oxygen atoms in total. The Balaban J connectivity index is 2.06. The van der Waals surface area contributed by atoms with Crippen molar-refractivity contribution >= 4 is 29.1 Å². The van der Waals surface area contributed by atoms with Crippen LogP contribution in [0.4, 0.5) is 5.69 Å². The number of ether oxygens (including phenoxy) is 1. The van der Waals surface area contributed by atoms with Gasteiger partial charge >= 0.3 is 0 Å². The molecule has 0 atom stereocenters. The van der Waals surface area contributed by atoms with Gasteiger partial charge in [-0.2, -0.15) is 0 Å². The fourth-order valence-electron chi connectivity index (χ4n) is 1.96. The fourth-order valence-corrected chi connectivity index (χ4v) is 2.13. The maximum Gasteiger partial charge on any atom is 0.239 e. The lowest BCUT2D eigenvalue weighted by Gasteiger charge is -2.23. The molecule has 2 amide bonds. The predicted octanol–water partition coefficient (Wildman–Crippen LogP) is 3.22. The maximum atomic E-state index is 12.5. The molecule has 0 saturated carbocycles. The second kappa shape index (κ2) is 7.40. The Morgan fingerprint density at radius 1 is 1.25 bits per heavy atom. The van der Waals surface area contributed by atoms with Crippen molar-refractivity contribution in [1.82, 2.24) is 5.32 Å². The molecule has 0 radical (unpaired) electrons. The van der Waals surface area contributed by atoms with Gasteiger partial charge in [0.1, 0.15) is 16.9 Å². The van der Waals surface area contributed by atoms with E-state index in [0.29, 0.717) is 22.2 Å². The molecule has 0 aliphatic carbocycles. The van der Waals surface area contributed by atoms with Crippen molar-refractivity contribution in [2.45, 2.75) is 20.4 Å². The van der Waals surface area contributed by atoms with E-state index in [0.717, 1.165) is 0 Å². The van der Waals surface area contributed by atoms with Crippen LogP contribution in [0.25, 0.3) is 0 Å². The van der Waals surface area contributed by atoms with Crippen molar-refractivity contribution < 1.29 is 18.7 Å². The van der Waals surface area contributed by atoms with E-state index < -0.39 is 17.2 Å². The molecule has 1 heterocycles. The zero-order valence-electron chi connectivity index (χ0n) is 13.7. The molecule has 1 aromatic carbocycles. The Hall–Kier alpha value is -2.47. The van der Waals surface area contributed by atoms with Gasteiger partial charge in [-0.1, -0.05) is 11.6 Å². The van der Waals surface area contributed by atoms with Gasteiger partial charge in [0.2, 0.25) is 11.8 Å². The number of methoxy groups -OCH3 is 1. The van der Waals surface area contributed by atoms with Crippen molar-refractivity contribution in [3.8, 4) is 5.75 Å². The number of hydrogen-bond acceptors (Lipinski definition) is 4. The number of furan rings is 1. The van der Waals surface area contributed by atoms with E-state index in [4.69, 9.17) is 20.8 Å². The summed E-state index contributed by atoms with van der Waals surface area (Å²) in [5, 5.41) is 5.82. The molecule has 0 saturated heterocycles. The minimum atomic E-state index is -1.29. The van der Waals surface area contributed by atoms with Crippen molar-refractivity contribution in [2.24, 2.45) is 5.41 Å². The lowest BCUT2D eigenvalue weighted by atomic mass is 9.91. The molecule has 128 valence electrons. The van der Waals surface area contributed by atoms with E-state index >= 15 is 0 Å². The predicted molar refractivity (Wildman–Crippen MR) is 91.0 cm³/mol. The Morgan fingerprint density at radius 3 is 2.62 bits per heavy atom. The summed E-state index contributed by atoms with van der Waals surface area (Å²) in [6.07, 6.45) is 1.52. The minimum Gasteiger partial charge on any atom is -0.495 e. The van der Waals surface area contributed by atoms with Gasteiger partial charge in [-0.25, -0.2) is 0 Å². The fraction of sp³-hybridized carbons (Fsp3) is 0.294. The van der Waals surface area contributed by atoms with Crippen LogP contribution in [0.1, 0.15) is 19.6 Å². The first-order valence-corrected chi connectivity index (χ1v) is 7.68. The van der Waals surface area contributed by atoms with E-state index in [1.807, 2.05) is 0 Å². The second-order valence-corrected chi connectivity index (χ2v) is 6.12. The largest absolute Gasteiger partial charge is 0.495 e. The van der Waals surface area contributed by atoms with Crippen LogP contribution in [0.2, 0.25) is 5.02 Å². The summed E-state index contributed by atoms with van der Waals surface area (Å²) < 4.78 is 10.3. The minimum absolute atomic E-state index is 0.211. The molecule has 2 rings (SSSR count). The number of amides is 2. The van der Waals surface area contributed by atoms with Crippen molar-refractivity contribution in [1.29, 1.82) is 0 Å². The Morgan fingerprint density at radius 2 is 2.00 bits per heavy atom. The van der Waals surface area contributed by atoms with Gasteiger partial charge in [0.15, 0.2) is 0 Å². The lowest BCUT2D eigenvalue weighted by Crippen LogP contribution is -2.44. The third-order valence-corrected chi connectivity index (χ3v) is 3.78. The van der Waals surface area contributed by atoms with Crippen LogP contribution in [-0.2, 0) is 16.1 Å². The number of nitrogens with one attached hydrogen (secondary N) is 2. The SMILES string of the molecule is COc1ccc(Cl)cc1NC(=O)C(C)(C)C(=O)NCc1ccco1. The molecule has 0 fully saturated rings. The number of hydrogen-bond donors (Lipinski definition) is 2. The number of carbonyl (C=O) groups excluding carboxylic acids is 2. The molecule has 24 heavy (non-hydrogen) atoms. The van der Waals surface area contributed by atoms with E-state index in [2.05, 4.69) is 10.6 Å². The summed E-state index contributed by atoms with van der Waals surface area (Å²) in [5.41, 5.74) is -0.887. The highest BCUT2D eigenvalue weighted by Gasteiger charge is 2.36. The summed E-state index contributed by atoms with van der Waals surface area (Å²) >= 11 is 5.94. The first-order valence-electron chi connectivity index (χ1n) is 7.30. The average molecular weight is 351 g/mol. The van der Waals surface area contributed by atoms with Crippen LogP contribution in [-0.4, -0.2) is 18.9 Å². The van der Waals surface area contributed by atoms with E-state index in [-0.39, 0.29) is 6.54 Å². The van der Waals surface area contributed by atoms with Crippen LogP contribution < -0.4 is 15.4 Å². The molecule has 2 aromatic rings. The maximum absolute atomic E-state index is 12.5. The molecule has 0 spiro atoms. The number of anilines is 1.